The number of H-pyrrole nitrogens is 2. The number of hydrogen-bond acceptors (Lipinski definition) is 5. The monoisotopic (exact) mass is 433 g/mol. The fraction of sp³-hybridized carbons (Fsp3) is 0.125. The lowest BCUT2D eigenvalue weighted by molar-refractivity contribution is 0.304. The molecule has 0 radical (unpaired) electrons. The number of allylic oxidation sites excluding steroid dienone is 1. The number of ether oxygens (including phenoxy) is 3. The van der Waals surface area contributed by atoms with Crippen molar-refractivity contribution in [2.24, 2.45) is 0 Å². The number of nitrogens with one attached hydrogen (secondary N) is 2. The second-order valence-electron chi connectivity index (χ2n) is 6.79. The van der Waals surface area contributed by atoms with Gasteiger partial charge in [0, 0.05) is 28.4 Å². The van der Waals surface area contributed by atoms with Crippen molar-refractivity contribution < 1.29 is 14.2 Å². The van der Waals surface area contributed by atoms with Crippen LogP contribution in [0.2, 0.25) is 0 Å². The lowest BCUT2D eigenvalue weighted by Crippen LogP contribution is -1.94. The first-order chi connectivity index (χ1) is 15.1. The van der Waals surface area contributed by atoms with Crippen LogP contribution in [-0.2, 0) is 4.74 Å². The summed E-state index contributed by atoms with van der Waals surface area (Å²) in [5, 5.41) is 6.98. The van der Waals surface area contributed by atoms with E-state index in [2.05, 4.69) is 15.2 Å². The average Bonchev–Trinajstić information content (AvgIpc) is 3.46. The molecule has 0 unspecified atom stereocenters. The van der Waals surface area contributed by atoms with E-state index < -0.39 is 0 Å². The predicted octanol–water partition coefficient (Wildman–Crippen LogP) is 6.47. The minimum Gasteiger partial charge on any atom is -0.501 e. The van der Waals surface area contributed by atoms with E-state index in [1.807, 2.05) is 73.8 Å². The molecule has 158 valence electrons. The molecular weight excluding hydrogens is 410 g/mol. The highest BCUT2D eigenvalue weighted by molar-refractivity contribution is 7.98. The van der Waals surface area contributed by atoms with Gasteiger partial charge < -0.3 is 19.2 Å². The first-order valence-corrected chi connectivity index (χ1v) is 10.9. The van der Waals surface area contributed by atoms with Crippen molar-refractivity contribution in [2.75, 3.05) is 13.4 Å². The zero-order chi connectivity index (χ0) is 21.6. The molecule has 0 amide bonds. The summed E-state index contributed by atoms with van der Waals surface area (Å²) in [7, 11) is 1.59. The van der Waals surface area contributed by atoms with Crippen LogP contribution in [0.15, 0.2) is 83.8 Å². The third-order valence-corrected chi connectivity index (χ3v) is 5.27. The molecule has 6 nitrogen and oxygen atoms in total. The zero-order valence-electron chi connectivity index (χ0n) is 17.5. The molecule has 0 fully saturated rings. The van der Waals surface area contributed by atoms with E-state index in [1.165, 1.54) is 4.90 Å². The van der Waals surface area contributed by atoms with E-state index in [-0.39, 0.29) is 0 Å². The number of rotatable bonds is 8. The highest BCUT2D eigenvalue weighted by atomic mass is 32.2. The standard InChI is InChI=1S/C24H23N3O3S/c1-16(15-28-2)29-19-12-17(22-8-9-23(26-22)24-10-11-25-27-24)13-20(14-19)30-18-4-6-21(31-3)7-5-18/h4-15,26H,1-3H3,(H,25,27)/b16-15+. The van der Waals surface area contributed by atoms with Gasteiger partial charge in [0.1, 0.15) is 29.3 Å². The number of methoxy groups -OCH3 is 1. The van der Waals surface area contributed by atoms with Crippen LogP contribution in [0.25, 0.3) is 22.6 Å². The zero-order valence-corrected chi connectivity index (χ0v) is 18.3. The summed E-state index contributed by atoms with van der Waals surface area (Å²) in [5.74, 6) is 2.72. The molecule has 2 N–H and O–H groups in total. The third kappa shape index (κ3) is 5.13. The first-order valence-electron chi connectivity index (χ1n) is 9.68. The fourth-order valence-electron chi connectivity index (χ4n) is 3.13. The molecule has 2 aromatic heterocycles. The van der Waals surface area contributed by atoms with Gasteiger partial charge in [-0.25, -0.2) is 0 Å². The second kappa shape index (κ2) is 9.49. The van der Waals surface area contributed by atoms with Crippen LogP contribution < -0.4 is 9.47 Å². The number of aromatic nitrogens is 3. The Labute approximate surface area is 185 Å². The third-order valence-electron chi connectivity index (χ3n) is 4.53. The lowest BCUT2D eigenvalue weighted by atomic mass is 10.1. The molecule has 4 rings (SSSR count). The first kappa shape index (κ1) is 20.7. The summed E-state index contributed by atoms with van der Waals surface area (Å²) in [4.78, 5) is 4.60. The quantitative estimate of drug-likeness (QED) is 0.246. The summed E-state index contributed by atoms with van der Waals surface area (Å²) in [5.41, 5.74) is 3.74. The van der Waals surface area contributed by atoms with Crippen LogP contribution in [-0.4, -0.2) is 28.5 Å². The smallest absolute Gasteiger partial charge is 0.135 e. The fourth-order valence-corrected chi connectivity index (χ4v) is 3.54. The molecular formula is C24H23N3O3S. The van der Waals surface area contributed by atoms with E-state index in [1.54, 1.807) is 31.3 Å². The Morgan fingerprint density at radius 2 is 1.68 bits per heavy atom. The van der Waals surface area contributed by atoms with Crippen molar-refractivity contribution in [2.45, 2.75) is 11.8 Å². The molecule has 0 aliphatic carbocycles. The van der Waals surface area contributed by atoms with Gasteiger partial charge in [-0.05, 0) is 67.8 Å². The minimum absolute atomic E-state index is 0.638. The van der Waals surface area contributed by atoms with Gasteiger partial charge in [0.15, 0.2) is 0 Å². The molecule has 0 saturated carbocycles. The van der Waals surface area contributed by atoms with Crippen molar-refractivity contribution in [3.63, 3.8) is 0 Å². The average molecular weight is 434 g/mol. The van der Waals surface area contributed by atoms with Crippen LogP contribution in [0, 0.1) is 0 Å². The Hall–Kier alpha value is -3.58. The van der Waals surface area contributed by atoms with Crippen LogP contribution in [0.5, 0.6) is 17.2 Å². The molecule has 0 atom stereocenters. The van der Waals surface area contributed by atoms with E-state index in [0.29, 0.717) is 17.3 Å². The summed E-state index contributed by atoms with van der Waals surface area (Å²) in [6.07, 6.45) is 5.33. The Morgan fingerprint density at radius 3 is 2.39 bits per heavy atom. The highest BCUT2D eigenvalue weighted by Gasteiger charge is 2.10. The largest absolute Gasteiger partial charge is 0.501 e. The summed E-state index contributed by atoms with van der Waals surface area (Å²) in [6, 6.07) is 19.7. The molecule has 0 aliphatic heterocycles. The number of thioether (sulfide) groups is 1. The Kier molecular flexibility index (Phi) is 6.33. The number of aromatic amines is 2. The molecule has 0 saturated heterocycles. The van der Waals surface area contributed by atoms with Crippen LogP contribution in [0.1, 0.15) is 6.92 Å². The van der Waals surface area contributed by atoms with Crippen molar-refractivity contribution in [3.8, 4) is 39.9 Å². The van der Waals surface area contributed by atoms with Crippen molar-refractivity contribution in [1.82, 2.24) is 15.2 Å². The maximum atomic E-state index is 6.13. The minimum atomic E-state index is 0.638. The molecule has 4 aromatic rings. The van der Waals surface area contributed by atoms with Crippen molar-refractivity contribution >= 4 is 11.8 Å². The van der Waals surface area contributed by atoms with E-state index >= 15 is 0 Å². The normalized spacial score (nSPS) is 11.4. The summed E-state index contributed by atoms with van der Waals surface area (Å²) >= 11 is 1.69. The van der Waals surface area contributed by atoms with E-state index in [0.717, 1.165) is 28.4 Å². The number of nitrogens with zero attached hydrogens (tertiary/aromatic N) is 1. The maximum Gasteiger partial charge on any atom is 0.135 e. The van der Waals surface area contributed by atoms with Gasteiger partial charge in [-0.3, -0.25) is 5.10 Å². The van der Waals surface area contributed by atoms with E-state index in [4.69, 9.17) is 14.2 Å². The van der Waals surface area contributed by atoms with Gasteiger partial charge in [-0.15, -0.1) is 11.8 Å². The van der Waals surface area contributed by atoms with Gasteiger partial charge in [0.05, 0.1) is 18.5 Å². The van der Waals surface area contributed by atoms with Crippen molar-refractivity contribution in [1.29, 1.82) is 0 Å². The molecule has 7 heteroatoms. The summed E-state index contributed by atoms with van der Waals surface area (Å²) < 4.78 is 17.1. The molecule has 0 aliphatic rings. The lowest BCUT2D eigenvalue weighted by Gasteiger charge is -2.12. The van der Waals surface area contributed by atoms with Gasteiger partial charge in [-0.2, -0.15) is 5.10 Å². The van der Waals surface area contributed by atoms with Gasteiger partial charge in [0.2, 0.25) is 0 Å². The molecule has 2 aromatic carbocycles. The van der Waals surface area contributed by atoms with Crippen LogP contribution in [0.4, 0.5) is 0 Å². The predicted molar refractivity (Wildman–Crippen MR) is 124 cm³/mol. The second-order valence-corrected chi connectivity index (χ2v) is 7.67. The van der Waals surface area contributed by atoms with Gasteiger partial charge in [0.25, 0.3) is 0 Å². The Balaban J connectivity index is 1.68. The molecule has 31 heavy (non-hydrogen) atoms. The number of hydrogen-bond donors (Lipinski definition) is 2. The van der Waals surface area contributed by atoms with Crippen LogP contribution >= 0.6 is 11.8 Å². The Morgan fingerprint density at radius 1 is 0.903 bits per heavy atom. The SMILES string of the molecule is CO/C=C(\C)Oc1cc(Oc2ccc(SC)cc2)cc(-c2ccc(-c3ccn[nH]3)[nH]2)c1. The van der Waals surface area contributed by atoms with Crippen molar-refractivity contribution in [3.05, 3.63) is 78.9 Å². The number of benzene rings is 2. The summed E-state index contributed by atoms with van der Waals surface area (Å²) in [6.45, 7) is 1.84. The molecule has 2 heterocycles. The van der Waals surface area contributed by atoms with E-state index in [9.17, 15) is 0 Å². The molecule has 0 spiro atoms. The Bertz CT molecular complexity index is 1170. The van der Waals surface area contributed by atoms with Gasteiger partial charge in [-0.1, -0.05) is 0 Å². The van der Waals surface area contributed by atoms with Crippen LogP contribution in [0.3, 0.4) is 0 Å². The topological polar surface area (TPSA) is 72.2 Å². The van der Waals surface area contributed by atoms with Gasteiger partial charge >= 0.3 is 0 Å². The molecule has 0 bridgehead atoms. The maximum absolute atomic E-state index is 6.13. The highest BCUT2D eigenvalue weighted by Crippen LogP contribution is 2.34.